The van der Waals surface area contributed by atoms with E-state index in [1.54, 1.807) is 4.57 Å². The second-order valence-electron chi connectivity index (χ2n) is 15.6. The first kappa shape index (κ1) is 33.4. The SMILES string of the molecule is CN(C)c1cc(NC2CCCCO2)c(C=N)c(C2=CN(Cc3ccc4cc(CN5CCC6(CCC6)C5)n(C(=O)OC(C)(C)C)c4c3)NN2)c1. The topological polar surface area (TPSA) is 110 Å². The van der Waals surface area contributed by atoms with Crippen LogP contribution in [0.3, 0.4) is 0 Å². The Kier molecular flexibility index (Phi) is 9.10. The maximum Gasteiger partial charge on any atom is 0.419 e. The monoisotopic (exact) mass is 668 g/mol. The lowest BCUT2D eigenvalue weighted by Gasteiger charge is -2.38. The summed E-state index contributed by atoms with van der Waals surface area (Å²) in [7, 11) is 4.05. The van der Waals surface area contributed by atoms with E-state index in [-0.39, 0.29) is 12.3 Å². The van der Waals surface area contributed by atoms with Crippen molar-refractivity contribution in [2.75, 3.05) is 44.0 Å². The van der Waals surface area contributed by atoms with Crippen molar-refractivity contribution in [2.24, 2.45) is 5.41 Å². The van der Waals surface area contributed by atoms with E-state index in [1.165, 1.54) is 31.9 Å². The Hall–Kier alpha value is -4.06. The van der Waals surface area contributed by atoms with E-state index in [0.29, 0.717) is 12.0 Å². The van der Waals surface area contributed by atoms with Crippen LogP contribution in [0.1, 0.15) is 88.1 Å². The highest BCUT2D eigenvalue weighted by atomic mass is 16.6. The highest BCUT2D eigenvalue weighted by Crippen LogP contribution is 2.48. The zero-order valence-corrected chi connectivity index (χ0v) is 29.7. The van der Waals surface area contributed by atoms with E-state index in [2.05, 4.69) is 62.5 Å². The second-order valence-corrected chi connectivity index (χ2v) is 15.6. The average molecular weight is 669 g/mol. The fourth-order valence-corrected chi connectivity index (χ4v) is 7.71. The number of fused-ring (bicyclic) bond motifs is 1. The molecule has 11 heteroatoms. The lowest BCUT2D eigenvalue weighted by atomic mass is 9.68. The van der Waals surface area contributed by atoms with Crippen LogP contribution in [-0.2, 0) is 22.6 Å². The van der Waals surface area contributed by atoms with Crippen LogP contribution in [0, 0.1) is 10.8 Å². The predicted octanol–water partition coefficient (Wildman–Crippen LogP) is 6.63. The largest absolute Gasteiger partial charge is 0.443 e. The number of carbonyl (C=O) groups is 1. The molecule has 4 N–H and O–H groups in total. The van der Waals surface area contributed by atoms with Crippen LogP contribution in [0.25, 0.3) is 16.6 Å². The summed E-state index contributed by atoms with van der Waals surface area (Å²) in [6.07, 6.45) is 11.4. The van der Waals surface area contributed by atoms with Gasteiger partial charge in [0.25, 0.3) is 0 Å². The van der Waals surface area contributed by atoms with Gasteiger partial charge >= 0.3 is 6.09 Å². The van der Waals surface area contributed by atoms with Crippen molar-refractivity contribution in [3.63, 3.8) is 0 Å². The first-order valence-corrected chi connectivity index (χ1v) is 17.8. The van der Waals surface area contributed by atoms with E-state index in [4.69, 9.17) is 14.9 Å². The van der Waals surface area contributed by atoms with Gasteiger partial charge in [-0.1, -0.05) is 18.6 Å². The van der Waals surface area contributed by atoms with Gasteiger partial charge in [0.2, 0.25) is 0 Å². The molecule has 0 bridgehead atoms. The van der Waals surface area contributed by atoms with Crippen LogP contribution in [-0.4, -0.2) is 72.4 Å². The van der Waals surface area contributed by atoms with Gasteiger partial charge in [0.15, 0.2) is 0 Å². The fraction of sp³-hybridized carbons (Fsp3) is 0.526. The first-order valence-electron chi connectivity index (χ1n) is 17.8. The molecule has 3 fully saturated rings. The Morgan fingerprint density at radius 1 is 1.12 bits per heavy atom. The normalized spacial score (nSPS) is 20.6. The first-order chi connectivity index (χ1) is 23.5. The summed E-state index contributed by atoms with van der Waals surface area (Å²) in [6.45, 7) is 9.98. The van der Waals surface area contributed by atoms with Gasteiger partial charge in [0.05, 0.1) is 17.8 Å². The second kappa shape index (κ2) is 13.3. The van der Waals surface area contributed by atoms with Gasteiger partial charge in [-0.05, 0) is 101 Å². The zero-order chi connectivity index (χ0) is 34.3. The van der Waals surface area contributed by atoms with E-state index >= 15 is 0 Å². The fourth-order valence-electron chi connectivity index (χ4n) is 7.71. The maximum absolute atomic E-state index is 13.7. The molecule has 4 aliphatic rings. The molecule has 49 heavy (non-hydrogen) atoms. The predicted molar refractivity (Wildman–Crippen MR) is 195 cm³/mol. The number of likely N-dealkylation sites (tertiary alicyclic amines) is 1. The number of carbonyl (C=O) groups excluding carboxylic acids is 1. The lowest BCUT2D eigenvalue weighted by Crippen LogP contribution is -2.35. The van der Waals surface area contributed by atoms with Crippen LogP contribution in [0.4, 0.5) is 16.2 Å². The molecule has 1 aliphatic carbocycles. The molecule has 1 saturated carbocycles. The Balaban J connectivity index is 1.15. The van der Waals surface area contributed by atoms with Gasteiger partial charge < -0.3 is 30.5 Å². The molecular formula is C38H52N8O3. The Morgan fingerprint density at radius 3 is 2.63 bits per heavy atom. The molecule has 4 heterocycles. The molecule has 11 nitrogen and oxygen atoms in total. The van der Waals surface area contributed by atoms with E-state index in [9.17, 15) is 4.79 Å². The van der Waals surface area contributed by atoms with E-state index in [1.807, 2.05) is 46.1 Å². The number of hydrazine groups is 2. The third kappa shape index (κ3) is 7.15. The highest BCUT2D eigenvalue weighted by Gasteiger charge is 2.42. The number of benzene rings is 2. The summed E-state index contributed by atoms with van der Waals surface area (Å²) in [5.41, 5.74) is 13.9. The molecule has 1 spiro atoms. The summed E-state index contributed by atoms with van der Waals surface area (Å²) in [4.78, 5) is 18.3. The van der Waals surface area contributed by atoms with Crippen LogP contribution in [0.15, 0.2) is 42.6 Å². The van der Waals surface area contributed by atoms with Crippen LogP contribution in [0.2, 0.25) is 0 Å². The highest BCUT2D eigenvalue weighted by molar-refractivity contribution is 5.95. The average Bonchev–Trinajstić information content (AvgIpc) is 3.77. The molecule has 1 aromatic heterocycles. The maximum atomic E-state index is 13.7. The summed E-state index contributed by atoms with van der Waals surface area (Å²) < 4.78 is 13.7. The van der Waals surface area contributed by atoms with Gasteiger partial charge in [0, 0.05) is 79.8 Å². The van der Waals surface area contributed by atoms with Crippen molar-refractivity contribution in [2.45, 2.75) is 90.6 Å². The van der Waals surface area contributed by atoms with Crippen LogP contribution >= 0.6 is 0 Å². The van der Waals surface area contributed by atoms with Gasteiger partial charge in [-0.25, -0.2) is 9.36 Å². The molecule has 1 unspecified atom stereocenters. The summed E-state index contributed by atoms with van der Waals surface area (Å²) in [5, 5.41) is 14.9. The van der Waals surface area contributed by atoms with Gasteiger partial charge in [-0.15, -0.1) is 5.53 Å². The molecule has 2 saturated heterocycles. The molecule has 1 atom stereocenters. The summed E-state index contributed by atoms with van der Waals surface area (Å²) >= 11 is 0. The van der Waals surface area contributed by atoms with Crippen molar-refractivity contribution in [1.29, 1.82) is 5.41 Å². The van der Waals surface area contributed by atoms with Gasteiger partial charge in [0.1, 0.15) is 11.8 Å². The number of anilines is 2. The van der Waals surface area contributed by atoms with Crippen LogP contribution in [0.5, 0.6) is 0 Å². The molecule has 3 aromatic rings. The number of nitrogens with one attached hydrogen (secondary N) is 4. The summed E-state index contributed by atoms with van der Waals surface area (Å²) in [5.74, 6) is 0. The smallest absolute Gasteiger partial charge is 0.419 e. The molecule has 3 aliphatic heterocycles. The van der Waals surface area contributed by atoms with Crippen molar-refractivity contribution >= 4 is 40.3 Å². The number of nitrogens with zero attached hydrogens (tertiary/aromatic N) is 4. The van der Waals surface area contributed by atoms with Gasteiger partial charge in [-0.2, -0.15) is 0 Å². The number of aromatic nitrogens is 1. The Bertz CT molecular complexity index is 1750. The molecule has 262 valence electrons. The summed E-state index contributed by atoms with van der Waals surface area (Å²) in [6, 6.07) is 12.7. The van der Waals surface area contributed by atoms with Crippen LogP contribution < -0.4 is 21.2 Å². The molecule has 0 radical (unpaired) electrons. The minimum atomic E-state index is -0.601. The third-order valence-corrected chi connectivity index (χ3v) is 10.4. The van der Waals surface area contributed by atoms with Crippen molar-refractivity contribution in [3.8, 4) is 0 Å². The minimum Gasteiger partial charge on any atom is -0.443 e. The Morgan fingerprint density at radius 2 is 1.96 bits per heavy atom. The third-order valence-electron chi connectivity index (χ3n) is 10.4. The molecule has 0 amide bonds. The zero-order valence-electron chi connectivity index (χ0n) is 29.7. The lowest BCUT2D eigenvalue weighted by molar-refractivity contribution is 0.0343. The Labute approximate surface area is 290 Å². The van der Waals surface area contributed by atoms with Crippen molar-refractivity contribution in [3.05, 3.63) is 65.0 Å². The number of ether oxygens (including phenoxy) is 2. The quantitative estimate of drug-likeness (QED) is 0.187. The van der Waals surface area contributed by atoms with E-state index < -0.39 is 5.60 Å². The van der Waals surface area contributed by atoms with Crippen molar-refractivity contribution < 1.29 is 14.3 Å². The van der Waals surface area contributed by atoms with E-state index in [0.717, 1.165) is 95.9 Å². The van der Waals surface area contributed by atoms with Gasteiger partial charge in [-0.3, -0.25) is 9.91 Å². The molecule has 7 rings (SSSR count). The number of hydrogen-bond acceptors (Lipinski definition) is 10. The van der Waals surface area contributed by atoms with Crippen molar-refractivity contribution in [1.82, 2.24) is 25.4 Å². The number of rotatable bonds is 9. The minimum absolute atomic E-state index is 0.0670. The molecule has 2 aromatic carbocycles. The standard InChI is InChI=1S/C38H52N8O3/c1-37(2,3)49-36(47)46-29(23-44-15-14-38(25-44)12-8-13-38)18-27-11-10-26(17-34(27)46)22-45-24-33(41-42-45)30-19-28(43(4)5)20-32(31(30)21-39)40-35-9-6-7-16-48-35/h10-11,17-21,24,35,39-42H,6-9,12-16,22-23,25H2,1-5H3. The molecular weight excluding hydrogens is 616 g/mol. The number of hydrogen-bond donors (Lipinski definition) is 4.